The molecule has 1 aliphatic carbocycles. The van der Waals surface area contributed by atoms with Gasteiger partial charge in [-0.25, -0.2) is 9.78 Å². The van der Waals surface area contributed by atoms with Crippen molar-refractivity contribution in [3.8, 4) is 28.4 Å². The van der Waals surface area contributed by atoms with Crippen LogP contribution in [-0.2, 0) is 5.54 Å². The number of amides is 1. The van der Waals surface area contributed by atoms with Gasteiger partial charge in [-0.2, -0.15) is 0 Å². The molecule has 8 heteroatoms. The first-order valence-corrected chi connectivity index (χ1v) is 12.1. The lowest BCUT2D eigenvalue weighted by atomic mass is 9.71. The first kappa shape index (κ1) is 22.0. The number of fused-ring (bicyclic) bond motifs is 3. The molecule has 1 saturated carbocycles. The summed E-state index contributed by atoms with van der Waals surface area (Å²) in [6.07, 6.45) is 3.51. The zero-order valence-corrected chi connectivity index (χ0v) is 19.8. The summed E-state index contributed by atoms with van der Waals surface area (Å²) in [5, 5.41) is 21.5. The second-order valence-electron chi connectivity index (χ2n) is 9.05. The second-order valence-corrected chi connectivity index (χ2v) is 9.05. The smallest absolute Gasteiger partial charge is 0.405 e. The maximum Gasteiger partial charge on any atom is 0.405 e. The normalized spacial score (nSPS) is 14.5. The Kier molecular flexibility index (Phi) is 5.29. The first-order valence-electron chi connectivity index (χ1n) is 12.1. The molecule has 1 aliphatic rings. The minimum atomic E-state index is -0.992. The zero-order chi connectivity index (χ0) is 24.7. The summed E-state index contributed by atoms with van der Waals surface area (Å²) in [5.74, 6) is 0. The molecule has 8 nitrogen and oxygen atoms in total. The third-order valence-corrected chi connectivity index (χ3v) is 6.96. The molecule has 2 aromatic carbocycles. The van der Waals surface area contributed by atoms with Gasteiger partial charge in [0.1, 0.15) is 0 Å². The van der Waals surface area contributed by atoms with Crippen molar-refractivity contribution < 1.29 is 14.6 Å². The molecule has 36 heavy (non-hydrogen) atoms. The Balaban J connectivity index is 1.50. The number of benzene rings is 2. The molecule has 1 amide bonds. The predicted octanol–water partition coefficient (Wildman–Crippen LogP) is 5.66. The van der Waals surface area contributed by atoms with E-state index in [1.165, 1.54) is 0 Å². The standard InChI is InChI=1S/C28H25N5O3/c1-2-36-26-32-31-25-22-17-21(18-7-4-3-5-8-18)24(29-23(22)13-16-33(25)26)19-9-11-20(12-10-19)28(14-6-15-28)30-27(34)35/h3-5,7-13,16-17,30H,2,6,14-15H2,1H3,(H,34,35). The number of aromatic nitrogens is 4. The van der Waals surface area contributed by atoms with Gasteiger partial charge in [0.2, 0.25) is 0 Å². The van der Waals surface area contributed by atoms with E-state index in [4.69, 9.17) is 9.72 Å². The molecule has 0 bridgehead atoms. The number of carboxylic acid groups (broad SMARTS) is 1. The number of ether oxygens (including phenoxy) is 1. The molecule has 0 spiro atoms. The van der Waals surface area contributed by atoms with E-state index in [1.807, 2.05) is 66.1 Å². The SMILES string of the molecule is CCOc1nnc2c3cc(-c4ccccc4)c(-c4ccc(C5(NC(=O)O)CCC5)cc4)nc3ccn12. The van der Waals surface area contributed by atoms with Gasteiger partial charge in [0.05, 0.1) is 23.4 Å². The number of rotatable bonds is 6. The predicted molar refractivity (Wildman–Crippen MR) is 137 cm³/mol. The second kappa shape index (κ2) is 8.64. The van der Waals surface area contributed by atoms with Crippen LogP contribution in [0.1, 0.15) is 31.7 Å². The fourth-order valence-electron chi connectivity index (χ4n) is 5.03. The van der Waals surface area contributed by atoms with Gasteiger partial charge >= 0.3 is 12.1 Å². The van der Waals surface area contributed by atoms with Gasteiger partial charge in [0.15, 0.2) is 5.65 Å². The Morgan fingerprint density at radius 2 is 1.83 bits per heavy atom. The van der Waals surface area contributed by atoms with Gasteiger partial charge in [-0.05, 0) is 49.4 Å². The summed E-state index contributed by atoms with van der Waals surface area (Å²) >= 11 is 0. The highest BCUT2D eigenvalue weighted by molar-refractivity contribution is 5.98. The molecule has 5 aromatic rings. The Morgan fingerprint density at radius 1 is 1.06 bits per heavy atom. The summed E-state index contributed by atoms with van der Waals surface area (Å²) in [7, 11) is 0. The van der Waals surface area contributed by atoms with Crippen LogP contribution in [0.3, 0.4) is 0 Å². The van der Waals surface area contributed by atoms with Gasteiger partial charge < -0.3 is 15.2 Å². The van der Waals surface area contributed by atoms with Crippen LogP contribution < -0.4 is 10.1 Å². The van der Waals surface area contributed by atoms with Gasteiger partial charge in [0.25, 0.3) is 0 Å². The van der Waals surface area contributed by atoms with Crippen molar-refractivity contribution in [1.29, 1.82) is 0 Å². The van der Waals surface area contributed by atoms with Crippen molar-refractivity contribution in [1.82, 2.24) is 24.9 Å². The van der Waals surface area contributed by atoms with E-state index in [2.05, 4.69) is 33.7 Å². The molecule has 6 rings (SSSR count). The highest BCUT2D eigenvalue weighted by Gasteiger charge is 2.40. The van der Waals surface area contributed by atoms with E-state index in [0.717, 1.165) is 58.1 Å². The van der Waals surface area contributed by atoms with Crippen LogP contribution in [-0.4, -0.2) is 37.4 Å². The van der Waals surface area contributed by atoms with Crippen LogP contribution in [0, 0.1) is 0 Å². The Bertz CT molecular complexity index is 1570. The van der Waals surface area contributed by atoms with Crippen molar-refractivity contribution >= 4 is 22.6 Å². The van der Waals surface area contributed by atoms with E-state index in [0.29, 0.717) is 18.3 Å². The van der Waals surface area contributed by atoms with Crippen molar-refractivity contribution in [3.05, 3.63) is 78.5 Å². The van der Waals surface area contributed by atoms with Crippen molar-refractivity contribution in [3.63, 3.8) is 0 Å². The van der Waals surface area contributed by atoms with Crippen LogP contribution in [0.5, 0.6) is 6.01 Å². The molecule has 3 heterocycles. The van der Waals surface area contributed by atoms with Crippen LogP contribution >= 0.6 is 0 Å². The highest BCUT2D eigenvalue weighted by atomic mass is 16.5. The van der Waals surface area contributed by atoms with Crippen molar-refractivity contribution in [2.24, 2.45) is 0 Å². The quantitative estimate of drug-likeness (QED) is 0.326. The molecule has 1 fully saturated rings. The number of nitrogens with one attached hydrogen (secondary N) is 1. The summed E-state index contributed by atoms with van der Waals surface area (Å²) < 4.78 is 7.46. The van der Waals surface area contributed by atoms with Crippen LogP contribution in [0.25, 0.3) is 38.9 Å². The average molecular weight is 480 g/mol. The maximum atomic E-state index is 11.4. The molecule has 3 aromatic heterocycles. The molecular weight excluding hydrogens is 454 g/mol. The van der Waals surface area contributed by atoms with Crippen LogP contribution in [0.15, 0.2) is 72.9 Å². The average Bonchev–Trinajstić information content (AvgIpc) is 3.29. The van der Waals surface area contributed by atoms with Gasteiger partial charge in [-0.15, -0.1) is 5.10 Å². The molecule has 0 unspecified atom stereocenters. The summed E-state index contributed by atoms with van der Waals surface area (Å²) in [6, 6.07) is 22.7. The summed E-state index contributed by atoms with van der Waals surface area (Å²) in [4.78, 5) is 16.5. The van der Waals surface area contributed by atoms with Gasteiger partial charge in [-0.1, -0.05) is 59.7 Å². The number of carbonyl (C=O) groups is 1. The highest BCUT2D eigenvalue weighted by Crippen LogP contribution is 2.42. The minimum Gasteiger partial charge on any atom is -0.465 e. The van der Waals surface area contributed by atoms with Gasteiger partial charge in [-0.3, -0.25) is 4.40 Å². The van der Waals surface area contributed by atoms with E-state index < -0.39 is 11.6 Å². The fraction of sp³-hybridized carbons (Fsp3) is 0.214. The van der Waals surface area contributed by atoms with Crippen molar-refractivity contribution in [2.45, 2.75) is 31.7 Å². The third-order valence-electron chi connectivity index (χ3n) is 6.96. The minimum absolute atomic E-state index is 0.454. The molecule has 2 N–H and O–H groups in total. The first-order chi connectivity index (χ1) is 17.6. The van der Waals surface area contributed by atoms with Crippen molar-refractivity contribution in [2.75, 3.05) is 6.61 Å². The maximum absolute atomic E-state index is 11.4. The number of pyridine rings is 2. The monoisotopic (exact) mass is 479 g/mol. The largest absolute Gasteiger partial charge is 0.465 e. The number of hydrogen-bond donors (Lipinski definition) is 2. The van der Waals surface area contributed by atoms with Crippen LogP contribution in [0.2, 0.25) is 0 Å². The summed E-state index contributed by atoms with van der Waals surface area (Å²) in [5.41, 5.74) is 5.81. The number of nitrogens with zero attached hydrogens (tertiary/aromatic N) is 4. The lowest BCUT2D eigenvalue weighted by Crippen LogP contribution is -2.50. The molecular formula is C28H25N5O3. The lowest BCUT2D eigenvalue weighted by molar-refractivity contribution is 0.144. The fourth-order valence-corrected chi connectivity index (χ4v) is 5.03. The van der Waals surface area contributed by atoms with E-state index in [-0.39, 0.29) is 0 Å². The summed E-state index contributed by atoms with van der Waals surface area (Å²) in [6.45, 7) is 2.42. The molecule has 0 atom stereocenters. The number of hydrogen-bond acceptors (Lipinski definition) is 5. The molecule has 0 aliphatic heterocycles. The third kappa shape index (κ3) is 3.62. The lowest BCUT2D eigenvalue weighted by Gasteiger charge is -2.42. The zero-order valence-electron chi connectivity index (χ0n) is 19.8. The molecule has 0 radical (unpaired) electrons. The Hall–Kier alpha value is -4.46. The Morgan fingerprint density at radius 3 is 2.50 bits per heavy atom. The Labute approximate surface area is 207 Å². The molecule has 0 saturated heterocycles. The van der Waals surface area contributed by atoms with E-state index in [1.54, 1.807) is 0 Å². The van der Waals surface area contributed by atoms with Gasteiger partial charge in [0, 0.05) is 22.7 Å². The van der Waals surface area contributed by atoms with Crippen LogP contribution in [0.4, 0.5) is 4.79 Å². The molecule has 180 valence electrons. The topological polar surface area (TPSA) is 102 Å². The van der Waals surface area contributed by atoms with E-state index >= 15 is 0 Å². The van der Waals surface area contributed by atoms with E-state index in [9.17, 15) is 9.90 Å².